The van der Waals surface area contributed by atoms with Crippen LogP contribution in [0.25, 0.3) is 0 Å². The number of sulfone groups is 2. The quantitative estimate of drug-likeness (QED) is 0.468. The van der Waals surface area contributed by atoms with Crippen LogP contribution in [0.4, 0.5) is 0 Å². The fraction of sp³-hybridized carbons (Fsp3) is 0.308. The second kappa shape index (κ2) is 10.4. The van der Waals surface area contributed by atoms with Crippen LogP contribution >= 0.6 is 0 Å². The third-order valence-electron chi connectivity index (χ3n) is 5.91. The third kappa shape index (κ3) is 5.93. The first-order valence-electron chi connectivity index (χ1n) is 11.1. The second-order valence-corrected chi connectivity index (χ2v) is 12.9. The SMILES string of the molecule is Cc1ccc(S(=O)(=O)[C@H]2CS(=O)(=O)C[C@@H](OCc3ccccc3)[C@H]2OCc2ccccc2)cc1. The summed E-state index contributed by atoms with van der Waals surface area (Å²) >= 11 is 0. The van der Waals surface area contributed by atoms with Gasteiger partial charge < -0.3 is 9.47 Å². The molecule has 0 radical (unpaired) electrons. The molecule has 180 valence electrons. The predicted octanol–water partition coefficient (Wildman–Crippen LogP) is 3.74. The van der Waals surface area contributed by atoms with Gasteiger partial charge in [0.1, 0.15) is 11.4 Å². The van der Waals surface area contributed by atoms with E-state index in [2.05, 4.69) is 0 Å². The number of aryl methyl sites for hydroxylation is 1. The van der Waals surface area contributed by atoms with Gasteiger partial charge in [-0.1, -0.05) is 78.4 Å². The molecule has 1 heterocycles. The lowest BCUT2D eigenvalue weighted by Crippen LogP contribution is -2.55. The zero-order valence-corrected chi connectivity index (χ0v) is 20.5. The largest absolute Gasteiger partial charge is 0.370 e. The van der Waals surface area contributed by atoms with Crippen LogP contribution in [-0.4, -0.2) is 45.8 Å². The maximum absolute atomic E-state index is 13.6. The van der Waals surface area contributed by atoms with Crippen LogP contribution in [-0.2, 0) is 42.4 Å². The van der Waals surface area contributed by atoms with E-state index in [4.69, 9.17) is 9.47 Å². The molecule has 8 heteroatoms. The lowest BCUT2D eigenvalue weighted by molar-refractivity contribution is -0.0776. The maximum Gasteiger partial charge on any atom is 0.184 e. The fourth-order valence-electron chi connectivity index (χ4n) is 4.07. The number of rotatable bonds is 8. The van der Waals surface area contributed by atoms with Crippen molar-refractivity contribution in [2.24, 2.45) is 0 Å². The molecule has 1 saturated heterocycles. The van der Waals surface area contributed by atoms with Gasteiger partial charge in [0.25, 0.3) is 0 Å². The van der Waals surface area contributed by atoms with E-state index in [1.54, 1.807) is 12.1 Å². The van der Waals surface area contributed by atoms with Crippen LogP contribution in [0.5, 0.6) is 0 Å². The summed E-state index contributed by atoms with van der Waals surface area (Å²) in [6.45, 7) is 2.17. The molecule has 6 nitrogen and oxygen atoms in total. The van der Waals surface area contributed by atoms with E-state index in [1.165, 1.54) is 12.1 Å². The smallest absolute Gasteiger partial charge is 0.184 e. The van der Waals surface area contributed by atoms with Crippen molar-refractivity contribution < 1.29 is 26.3 Å². The molecule has 1 aliphatic heterocycles. The average Bonchev–Trinajstić information content (AvgIpc) is 2.83. The topological polar surface area (TPSA) is 86.7 Å². The van der Waals surface area contributed by atoms with E-state index >= 15 is 0 Å². The maximum atomic E-state index is 13.6. The molecule has 3 aromatic rings. The van der Waals surface area contributed by atoms with Crippen molar-refractivity contribution in [2.45, 2.75) is 42.5 Å². The summed E-state index contributed by atoms with van der Waals surface area (Å²) in [5.41, 5.74) is 2.64. The van der Waals surface area contributed by atoms with Gasteiger partial charge in [-0.2, -0.15) is 0 Å². The molecule has 0 amide bonds. The monoisotopic (exact) mass is 500 g/mol. The summed E-state index contributed by atoms with van der Waals surface area (Å²) in [6, 6.07) is 25.2. The zero-order valence-electron chi connectivity index (χ0n) is 18.9. The number of ether oxygens (including phenoxy) is 2. The van der Waals surface area contributed by atoms with Gasteiger partial charge in [0.15, 0.2) is 19.7 Å². The Morgan fingerprint density at radius 1 is 0.765 bits per heavy atom. The van der Waals surface area contributed by atoms with E-state index < -0.39 is 42.9 Å². The van der Waals surface area contributed by atoms with Crippen LogP contribution in [0, 0.1) is 6.92 Å². The van der Waals surface area contributed by atoms with Crippen LogP contribution < -0.4 is 0 Å². The molecule has 34 heavy (non-hydrogen) atoms. The van der Waals surface area contributed by atoms with Gasteiger partial charge in [-0.15, -0.1) is 0 Å². The van der Waals surface area contributed by atoms with E-state index in [-0.39, 0.29) is 23.9 Å². The molecule has 3 aromatic carbocycles. The summed E-state index contributed by atoms with van der Waals surface area (Å²) in [4.78, 5) is 0.0790. The molecule has 0 bridgehead atoms. The Morgan fingerprint density at radius 3 is 1.85 bits per heavy atom. The number of benzene rings is 3. The Kier molecular flexibility index (Phi) is 7.52. The highest BCUT2D eigenvalue weighted by Crippen LogP contribution is 2.30. The van der Waals surface area contributed by atoms with E-state index in [1.807, 2.05) is 67.6 Å². The van der Waals surface area contributed by atoms with Gasteiger partial charge in [0.05, 0.1) is 35.7 Å². The molecule has 0 spiro atoms. The van der Waals surface area contributed by atoms with Crippen LogP contribution in [0.1, 0.15) is 16.7 Å². The standard InChI is InChI=1S/C26H28O6S2/c1-20-12-14-23(15-13-20)34(29,30)25-19-33(27,28)18-24(31-16-21-8-4-2-5-9-21)26(25)32-17-22-10-6-3-7-11-22/h2-15,24-26H,16-19H2,1H3/t24-,25+,26-/m1/s1. The highest BCUT2D eigenvalue weighted by molar-refractivity contribution is 7.95. The minimum atomic E-state index is -4.00. The Balaban J connectivity index is 1.67. The van der Waals surface area contributed by atoms with Gasteiger partial charge in [0, 0.05) is 0 Å². The van der Waals surface area contributed by atoms with Crippen LogP contribution in [0.3, 0.4) is 0 Å². The molecular weight excluding hydrogens is 472 g/mol. The summed E-state index contributed by atoms with van der Waals surface area (Å²) in [6.07, 6.45) is -1.87. The zero-order chi connectivity index (χ0) is 24.2. The number of hydrogen-bond acceptors (Lipinski definition) is 6. The van der Waals surface area contributed by atoms with E-state index in [0.29, 0.717) is 0 Å². The molecule has 0 aliphatic carbocycles. The van der Waals surface area contributed by atoms with E-state index in [9.17, 15) is 16.8 Å². The number of hydrogen-bond donors (Lipinski definition) is 0. The molecule has 3 atom stereocenters. The van der Waals surface area contributed by atoms with Crippen molar-refractivity contribution in [1.29, 1.82) is 0 Å². The van der Waals surface area contributed by atoms with Gasteiger partial charge >= 0.3 is 0 Å². The Bertz CT molecular complexity index is 1290. The molecule has 4 rings (SSSR count). The average molecular weight is 501 g/mol. The van der Waals surface area contributed by atoms with Gasteiger partial charge in [0.2, 0.25) is 0 Å². The Labute approximate surface area is 201 Å². The van der Waals surface area contributed by atoms with Gasteiger partial charge in [-0.05, 0) is 30.2 Å². The first kappa shape index (κ1) is 24.6. The van der Waals surface area contributed by atoms with Crippen LogP contribution in [0.2, 0.25) is 0 Å². The lowest BCUT2D eigenvalue weighted by Gasteiger charge is -2.37. The minimum Gasteiger partial charge on any atom is -0.370 e. The highest BCUT2D eigenvalue weighted by atomic mass is 32.2. The van der Waals surface area contributed by atoms with Crippen molar-refractivity contribution in [3.05, 3.63) is 102 Å². The molecule has 0 saturated carbocycles. The molecule has 0 N–H and O–H groups in total. The van der Waals surface area contributed by atoms with E-state index in [0.717, 1.165) is 16.7 Å². The Hall–Kier alpha value is -2.52. The predicted molar refractivity (Wildman–Crippen MR) is 131 cm³/mol. The summed E-state index contributed by atoms with van der Waals surface area (Å²) in [5, 5.41) is -1.28. The van der Waals surface area contributed by atoms with Crippen molar-refractivity contribution in [3.8, 4) is 0 Å². The molecular formula is C26H28O6S2. The van der Waals surface area contributed by atoms with Crippen molar-refractivity contribution in [2.75, 3.05) is 11.5 Å². The highest BCUT2D eigenvalue weighted by Gasteiger charge is 2.48. The molecule has 1 fully saturated rings. The van der Waals surface area contributed by atoms with Crippen molar-refractivity contribution in [1.82, 2.24) is 0 Å². The normalized spacial score (nSPS) is 22.3. The first-order chi connectivity index (χ1) is 16.2. The van der Waals surface area contributed by atoms with Crippen molar-refractivity contribution in [3.63, 3.8) is 0 Å². The first-order valence-corrected chi connectivity index (χ1v) is 14.4. The molecule has 0 aromatic heterocycles. The minimum absolute atomic E-state index is 0.0790. The molecule has 0 unspecified atom stereocenters. The summed E-state index contributed by atoms with van der Waals surface area (Å²) < 4.78 is 65.1. The van der Waals surface area contributed by atoms with Gasteiger partial charge in [-0.3, -0.25) is 0 Å². The Morgan fingerprint density at radius 2 is 1.29 bits per heavy atom. The second-order valence-electron chi connectivity index (χ2n) is 8.57. The summed E-state index contributed by atoms with van der Waals surface area (Å²) in [7, 11) is -7.69. The third-order valence-corrected chi connectivity index (χ3v) is 9.99. The van der Waals surface area contributed by atoms with Gasteiger partial charge in [-0.25, -0.2) is 16.8 Å². The molecule has 1 aliphatic rings. The fourth-order valence-corrected chi connectivity index (χ4v) is 8.49. The van der Waals surface area contributed by atoms with Crippen molar-refractivity contribution >= 4 is 19.7 Å². The lowest BCUT2D eigenvalue weighted by atomic mass is 10.1. The van der Waals surface area contributed by atoms with Crippen LogP contribution in [0.15, 0.2) is 89.8 Å². The summed E-state index contributed by atoms with van der Waals surface area (Å²) in [5.74, 6) is -0.799.